The molecule has 0 bridgehead atoms. The molecule has 1 aliphatic rings. The Hall–Kier alpha value is -2.80. The summed E-state index contributed by atoms with van der Waals surface area (Å²) in [5.41, 5.74) is 5.86. The molecule has 0 unspecified atom stereocenters. The summed E-state index contributed by atoms with van der Waals surface area (Å²) in [5.74, 6) is 0. The minimum absolute atomic E-state index is 0.194. The normalized spacial score (nSPS) is 13.2. The van der Waals surface area contributed by atoms with E-state index in [-0.39, 0.29) is 10.8 Å². The molecule has 0 aromatic heterocycles. The minimum atomic E-state index is -0.981. The van der Waals surface area contributed by atoms with E-state index in [1.165, 1.54) is 71.2 Å². The van der Waals surface area contributed by atoms with Crippen LogP contribution in [0.3, 0.4) is 0 Å². The molecule has 5 aromatic rings. The van der Waals surface area contributed by atoms with Gasteiger partial charge in [0, 0.05) is 0 Å². The van der Waals surface area contributed by atoms with Crippen LogP contribution in [-0.4, -0.2) is 11.3 Å². The molecule has 1 aliphatic carbocycles. The molecule has 5 aromatic carbocycles. The standard InChI is InChI=1S/C21H25.C13H10.C8H13Si.Zr/c1-20(2,3)16-9-7-14-11-15-8-10-17(21(4,5)6)13-19(15)18(14)12-16;1-3-7-12(8-4-1)11-13-9-5-2-6-10-13;1-9(2,3)8-6-4-5-7-8;/h7-13H,1-6H3;1-10H;6-7H,4H2,1-3H3;/q-1;;-1;+2. The summed E-state index contributed by atoms with van der Waals surface area (Å²) in [6, 6.07) is 37.3. The van der Waals surface area contributed by atoms with Crippen LogP contribution in [0.1, 0.15) is 70.2 Å². The van der Waals surface area contributed by atoms with Gasteiger partial charge in [0.15, 0.2) is 0 Å². The Kier molecular flexibility index (Phi) is 10.9. The molecule has 0 saturated carbocycles. The van der Waals surface area contributed by atoms with Gasteiger partial charge in [0.05, 0.1) is 0 Å². The number of benzene rings is 4. The number of fused-ring (bicyclic) bond motifs is 3. The second-order valence-electron chi connectivity index (χ2n) is 14.8. The summed E-state index contributed by atoms with van der Waals surface area (Å²) < 4.78 is 1.42. The maximum absolute atomic E-state index is 3.20. The third-order valence-corrected chi connectivity index (χ3v) is 11.6. The summed E-state index contributed by atoms with van der Waals surface area (Å²) in [6.07, 6.45) is 8.69. The van der Waals surface area contributed by atoms with E-state index in [4.69, 9.17) is 0 Å². The average Bonchev–Trinajstić information content (AvgIpc) is 3.66. The quantitative estimate of drug-likeness (QED) is 0.132. The van der Waals surface area contributed by atoms with E-state index >= 15 is 0 Å². The Bertz CT molecular complexity index is 1650. The zero-order valence-corrected chi connectivity index (χ0v) is 31.6. The van der Waals surface area contributed by atoms with Gasteiger partial charge in [-0.05, 0) is 18.9 Å². The Morgan fingerprint density at radius 1 is 0.659 bits per heavy atom. The molecule has 0 amide bonds. The second kappa shape index (κ2) is 14.1. The van der Waals surface area contributed by atoms with Crippen LogP contribution in [0.15, 0.2) is 120 Å². The average molecular weight is 672 g/mol. The van der Waals surface area contributed by atoms with Crippen molar-refractivity contribution in [1.29, 1.82) is 0 Å². The fraction of sp³-hybridized carbons (Fsp3) is 0.286. The third kappa shape index (κ3) is 8.89. The van der Waals surface area contributed by atoms with Crippen LogP contribution in [0.4, 0.5) is 0 Å². The van der Waals surface area contributed by atoms with Crippen LogP contribution in [0.25, 0.3) is 21.5 Å². The summed E-state index contributed by atoms with van der Waals surface area (Å²) >= 11 is 1.46. The van der Waals surface area contributed by atoms with Gasteiger partial charge < -0.3 is 0 Å². The summed E-state index contributed by atoms with van der Waals surface area (Å²) in [5, 5.41) is 7.04. The molecule has 0 saturated heterocycles. The van der Waals surface area contributed by atoms with E-state index in [2.05, 4.69) is 183 Å². The number of allylic oxidation sites excluding steroid dienone is 4. The van der Waals surface area contributed by atoms with Gasteiger partial charge >= 0.3 is 99.2 Å². The molecule has 0 heterocycles. The molecule has 0 aliphatic heterocycles. The Morgan fingerprint density at radius 3 is 1.41 bits per heavy atom. The van der Waals surface area contributed by atoms with Crippen molar-refractivity contribution < 1.29 is 24.2 Å². The van der Waals surface area contributed by atoms with E-state index in [9.17, 15) is 0 Å². The Morgan fingerprint density at radius 2 is 1.09 bits per heavy atom. The molecule has 2 heteroatoms. The van der Waals surface area contributed by atoms with E-state index < -0.39 is 8.07 Å². The van der Waals surface area contributed by atoms with Crippen molar-refractivity contribution in [3.8, 4) is 0 Å². The van der Waals surface area contributed by atoms with Crippen molar-refractivity contribution in [2.75, 3.05) is 0 Å². The van der Waals surface area contributed by atoms with Crippen molar-refractivity contribution in [3.05, 3.63) is 149 Å². The van der Waals surface area contributed by atoms with Crippen molar-refractivity contribution in [2.45, 2.75) is 78.4 Å². The van der Waals surface area contributed by atoms with Gasteiger partial charge in [-0.1, -0.05) is 96.6 Å². The van der Waals surface area contributed by atoms with Crippen LogP contribution >= 0.6 is 0 Å². The Balaban J connectivity index is 0.000000165. The van der Waals surface area contributed by atoms with Crippen molar-refractivity contribution in [3.63, 3.8) is 0 Å². The van der Waals surface area contributed by atoms with Crippen molar-refractivity contribution >= 4 is 32.8 Å². The molecule has 0 radical (unpaired) electrons. The zero-order chi connectivity index (χ0) is 32.1. The molecule has 0 nitrogen and oxygen atoms in total. The van der Waals surface area contributed by atoms with Gasteiger partial charge in [-0.3, -0.25) is 6.08 Å². The van der Waals surface area contributed by atoms with Crippen LogP contribution in [0, 0.1) is 6.08 Å². The third-order valence-electron chi connectivity index (χ3n) is 8.13. The first kappa shape index (κ1) is 34.1. The Labute approximate surface area is 282 Å². The first-order chi connectivity index (χ1) is 20.6. The summed E-state index contributed by atoms with van der Waals surface area (Å²) in [6.45, 7) is 20.8. The topological polar surface area (TPSA) is 0 Å². The molecular formula is C42H48SiZr. The van der Waals surface area contributed by atoms with E-state index in [0.717, 1.165) is 6.42 Å². The predicted octanol–water partition coefficient (Wildman–Crippen LogP) is 11.7. The fourth-order valence-electron chi connectivity index (χ4n) is 5.23. The van der Waals surface area contributed by atoms with Gasteiger partial charge in [0.1, 0.15) is 0 Å². The van der Waals surface area contributed by atoms with Crippen molar-refractivity contribution in [2.24, 2.45) is 0 Å². The molecule has 0 atom stereocenters. The van der Waals surface area contributed by atoms with Gasteiger partial charge in [-0.2, -0.15) is 6.08 Å². The molecule has 224 valence electrons. The number of hydrogen-bond acceptors (Lipinski definition) is 0. The predicted molar refractivity (Wildman–Crippen MR) is 194 cm³/mol. The molecule has 0 N–H and O–H groups in total. The van der Waals surface area contributed by atoms with Crippen LogP contribution in [0.5, 0.6) is 0 Å². The molecule has 6 rings (SSSR count). The van der Waals surface area contributed by atoms with Gasteiger partial charge in [0.25, 0.3) is 0 Å². The van der Waals surface area contributed by atoms with Crippen LogP contribution in [-0.2, 0) is 35.1 Å². The van der Waals surface area contributed by atoms with Crippen molar-refractivity contribution in [1.82, 2.24) is 0 Å². The van der Waals surface area contributed by atoms with E-state index in [1.807, 2.05) is 0 Å². The number of rotatable bonds is 3. The van der Waals surface area contributed by atoms with Crippen LogP contribution in [0.2, 0.25) is 19.6 Å². The molecule has 0 fully saturated rings. The monoisotopic (exact) mass is 670 g/mol. The van der Waals surface area contributed by atoms with Gasteiger partial charge in [-0.25, -0.2) is 11.3 Å². The molecular weight excluding hydrogens is 624 g/mol. The van der Waals surface area contributed by atoms with E-state index in [0.29, 0.717) is 0 Å². The summed E-state index contributed by atoms with van der Waals surface area (Å²) in [7, 11) is -0.981. The van der Waals surface area contributed by atoms with Gasteiger partial charge in [0.2, 0.25) is 0 Å². The van der Waals surface area contributed by atoms with E-state index in [1.54, 1.807) is 5.20 Å². The van der Waals surface area contributed by atoms with Crippen LogP contribution < -0.4 is 0 Å². The maximum atomic E-state index is 3.20. The first-order valence-electron chi connectivity index (χ1n) is 15.8. The second-order valence-corrected chi connectivity index (χ2v) is 21.1. The van der Waals surface area contributed by atoms with Gasteiger partial charge in [-0.15, -0.1) is 46.2 Å². The number of hydrogen-bond donors (Lipinski definition) is 0. The molecule has 0 spiro atoms. The summed E-state index contributed by atoms with van der Waals surface area (Å²) in [4.78, 5) is 0. The zero-order valence-electron chi connectivity index (χ0n) is 28.2. The molecule has 44 heavy (non-hydrogen) atoms. The fourth-order valence-corrected chi connectivity index (χ4v) is 7.30. The SMILES string of the molecule is CC(C)(C)c1ccc2[cH-]c3ccc(C(C)(C)C)cc3c2c1.C[Si](C)(C)C1=CC[C-]=C1.[Zr+2]=[C](c1ccccc1)c1ccccc1. The first-order valence-corrected chi connectivity index (χ1v) is 20.5.